The van der Waals surface area contributed by atoms with E-state index >= 15 is 0 Å². The summed E-state index contributed by atoms with van der Waals surface area (Å²) in [6.45, 7) is 7.11. The third-order valence-electron chi connectivity index (χ3n) is 3.84. The molecular weight excluding hydrogens is 257 g/mol. The SMILES string of the molecule is CCCNC(c1c(C)cc(C)cc1F)C1CCSC1. The second-order valence-electron chi connectivity index (χ2n) is 5.53. The smallest absolute Gasteiger partial charge is 0.128 e. The Labute approximate surface area is 120 Å². The Kier molecular flexibility index (Phi) is 5.28. The summed E-state index contributed by atoms with van der Waals surface area (Å²) in [5.41, 5.74) is 2.99. The molecule has 0 bridgehead atoms. The molecule has 0 amide bonds. The van der Waals surface area contributed by atoms with Gasteiger partial charge in [-0.05, 0) is 67.9 Å². The van der Waals surface area contributed by atoms with Gasteiger partial charge in [-0.2, -0.15) is 11.8 Å². The monoisotopic (exact) mass is 281 g/mol. The van der Waals surface area contributed by atoms with E-state index in [2.05, 4.69) is 18.3 Å². The minimum Gasteiger partial charge on any atom is -0.310 e. The van der Waals surface area contributed by atoms with Gasteiger partial charge in [-0.25, -0.2) is 4.39 Å². The van der Waals surface area contributed by atoms with Crippen LogP contribution in [0, 0.1) is 25.6 Å². The summed E-state index contributed by atoms with van der Waals surface area (Å²) in [5, 5.41) is 3.58. The highest BCUT2D eigenvalue weighted by Gasteiger charge is 2.29. The number of aryl methyl sites for hydroxylation is 2. The van der Waals surface area contributed by atoms with Gasteiger partial charge in [-0.15, -0.1) is 0 Å². The maximum Gasteiger partial charge on any atom is 0.128 e. The maximum absolute atomic E-state index is 14.4. The average Bonchev–Trinajstić information content (AvgIpc) is 2.85. The zero-order valence-electron chi connectivity index (χ0n) is 12.1. The van der Waals surface area contributed by atoms with Crippen molar-refractivity contribution in [1.82, 2.24) is 5.32 Å². The van der Waals surface area contributed by atoms with E-state index in [0.29, 0.717) is 5.92 Å². The van der Waals surface area contributed by atoms with Crippen LogP contribution in [0.1, 0.15) is 42.5 Å². The zero-order chi connectivity index (χ0) is 13.8. The van der Waals surface area contributed by atoms with Crippen molar-refractivity contribution in [2.24, 2.45) is 5.92 Å². The lowest BCUT2D eigenvalue weighted by Crippen LogP contribution is -2.30. The first-order valence-electron chi connectivity index (χ1n) is 7.21. The summed E-state index contributed by atoms with van der Waals surface area (Å²) in [7, 11) is 0. The van der Waals surface area contributed by atoms with Crippen LogP contribution in [0.4, 0.5) is 4.39 Å². The Morgan fingerprint density at radius 3 is 2.79 bits per heavy atom. The van der Waals surface area contributed by atoms with E-state index in [1.165, 1.54) is 12.2 Å². The number of halogens is 1. The molecule has 1 heterocycles. The normalized spacial score (nSPS) is 20.7. The molecule has 1 aliphatic heterocycles. The van der Waals surface area contributed by atoms with E-state index in [1.54, 1.807) is 6.07 Å². The molecule has 106 valence electrons. The van der Waals surface area contributed by atoms with E-state index in [-0.39, 0.29) is 11.9 Å². The fourth-order valence-electron chi connectivity index (χ4n) is 2.94. The highest BCUT2D eigenvalue weighted by molar-refractivity contribution is 7.99. The van der Waals surface area contributed by atoms with Crippen LogP contribution >= 0.6 is 11.8 Å². The molecule has 1 saturated heterocycles. The Hall–Kier alpha value is -0.540. The lowest BCUT2D eigenvalue weighted by Gasteiger charge is -2.27. The summed E-state index contributed by atoms with van der Waals surface area (Å²) >= 11 is 1.99. The van der Waals surface area contributed by atoms with Gasteiger partial charge < -0.3 is 5.32 Å². The zero-order valence-corrected chi connectivity index (χ0v) is 12.9. The van der Waals surface area contributed by atoms with Gasteiger partial charge in [-0.3, -0.25) is 0 Å². The van der Waals surface area contributed by atoms with Gasteiger partial charge in [0.05, 0.1) is 0 Å². The summed E-state index contributed by atoms with van der Waals surface area (Å²) in [4.78, 5) is 0. The number of thioether (sulfide) groups is 1. The second kappa shape index (κ2) is 6.76. The Morgan fingerprint density at radius 2 is 2.21 bits per heavy atom. The van der Waals surface area contributed by atoms with E-state index in [4.69, 9.17) is 0 Å². The van der Waals surface area contributed by atoms with Crippen LogP contribution in [0.3, 0.4) is 0 Å². The Balaban J connectivity index is 2.31. The van der Waals surface area contributed by atoms with Crippen LogP contribution in [0.25, 0.3) is 0 Å². The first-order chi connectivity index (χ1) is 9.13. The van der Waals surface area contributed by atoms with Crippen molar-refractivity contribution in [2.45, 2.75) is 39.7 Å². The van der Waals surface area contributed by atoms with E-state index in [1.807, 2.05) is 25.6 Å². The first kappa shape index (κ1) is 14.9. The maximum atomic E-state index is 14.4. The Bertz CT molecular complexity index is 404. The molecule has 1 N–H and O–H groups in total. The van der Waals surface area contributed by atoms with Crippen LogP contribution < -0.4 is 5.32 Å². The highest BCUT2D eigenvalue weighted by Crippen LogP contribution is 2.36. The van der Waals surface area contributed by atoms with Crippen LogP contribution in [-0.4, -0.2) is 18.1 Å². The molecule has 19 heavy (non-hydrogen) atoms. The molecular formula is C16H24FNS. The molecule has 1 fully saturated rings. The largest absolute Gasteiger partial charge is 0.310 e. The number of benzene rings is 1. The van der Waals surface area contributed by atoms with Gasteiger partial charge in [0.2, 0.25) is 0 Å². The summed E-state index contributed by atoms with van der Waals surface area (Å²) in [6, 6.07) is 3.95. The van der Waals surface area contributed by atoms with Gasteiger partial charge >= 0.3 is 0 Å². The average molecular weight is 281 g/mol. The number of hydrogen-bond acceptors (Lipinski definition) is 2. The van der Waals surface area contributed by atoms with Crippen molar-refractivity contribution in [1.29, 1.82) is 0 Å². The molecule has 0 radical (unpaired) electrons. The lowest BCUT2D eigenvalue weighted by molar-refractivity contribution is 0.379. The molecule has 0 saturated carbocycles. The minimum absolute atomic E-state index is 0.0389. The molecule has 1 aromatic rings. The molecule has 0 aliphatic carbocycles. The van der Waals surface area contributed by atoms with E-state index < -0.39 is 0 Å². The lowest BCUT2D eigenvalue weighted by atomic mass is 9.88. The van der Waals surface area contributed by atoms with Gasteiger partial charge in [-0.1, -0.05) is 13.0 Å². The summed E-state index contributed by atoms with van der Waals surface area (Å²) in [5.74, 6) is 2.88. The van der Waals surface area contributed by atoms with Crippen LogP contribution in [0.2, 0.25) is 0 Å². The van der Waals surface area contributed by atoms with Crippen molar-refractivity contribution >= 4 is 11.8 Å². The predicted octanol–water partition coefficient (Wildman–Crippen LogP) is 4.24. The van der Waals surface area contributed by atoms with Crippen molar-refractivity contribution in [3.8, 4) is 0 Å². The third kappa shape index (κ3) is 3.51. The van der Waals surface area contributed by atoms with Crippen molar-refractivity contribution in [3.63, 3.8) is 0 Å². The fraction of sp³-hybridized carbons (Fsp3) is 0.625. The molecule has 2 atom stereocenters. The predicted molar refractivity (Wildman–Crippen MR) is 82.3 cm³/mol. The molecule has 1 nitrogen and oxygen atoms in total. The summed E-state index contributed by atoms with van der Waals surface area (Å²) < 4.78 is 14.4. The van der Waals surface area contributed by atoms with E-state index in [9.17, 15) is 4.39 Å². The Morgan fingerprint density at radius 1 is 1.42 bits per heavy atom. The molecule has 2 rings (SSSR count). The molecule has 1 aromatic carbocycles. The molecule has 1 aliphatic rings. The van der Waals surface area contributed by atoms with Gasteiger partial charge in [0.1, 0.15) is 5.82 Å². The van der Waals surface area contributed by atoms with Crippen LogP contribution in [0.15, 0.2) is 12.1 Å². The highest BCUT2D eigenvalue weighted by atomic mass is 32.2. The van der Waals surface area contributed by atoms with Crippen LogP contribution in [0.5, 0.6) is 0 Å². The first-order valence-corrected chi connectivity index (χ1v) is 8.36. The van der Waals surface area contributed by atoms with Crippen molar-refractivity contribution < 1.29 is 4.39 Å². The number of nitrogens with one attached hydrogen (secondary N) is 1. The number of rotatable bonds is 5. The standard InChI is InChI=1S/C16H24FNS/c1-4-6-18-16(13-5-7-19-10-13)15-12(3)8-11(2)9-14(15)17/h8-9,13,16,18H,4-7,10H2,1-3H3. The van der Waals surface area contributed by atoms with Crippen molar-refractivity contribution in [2.75, 3.05) is 18.1 Å². The van der Waals surface area contributed by atoms with Gasteiger partial charge in [0.15, 0.2) is 0 Å². The molecule has 0 aromatic heterocycles. The topological polar surface area (TPSA) is 12.0 Å². The molecule has 3 heteroatoms. The quantitative estimate of drug-likeness (QED) is 0.866. The second-order valence-corrected chi connectivity index (χ2v) is 6.68. The third-order valence-corrected chi connectivity index (χ3v) is 5.03. The van der Waals surface area contributed by atoms with Crippen LogP contribution in [-0.2, 0) is 0 Å². The van der Waals surface area contributed by atoms with E-state index in [0.717, 1.165) is 35.4 Å². The molecule has 2 unspecified atom stereocenters. The minimum atomic E-state index is -0.0389. The van der Waals surface area contributed by atoms with Gasteiger partial charge in [0, 0.05) is 11.6 Å². The van der Waals surface area contributed by atoms with Gasteiger partial charge in [0.25, 0.3) is 0 Å². The van der Waals surface area contributed by atoms with Crippen molar-refractivity contribution in [3.05, 3.63) is 34.6 Å². The molecule has 0 spiro atoms. The fourth-order valence-corrected chi connectivity index (χ4v) is 4.24. The number of hydrogen-bond donors (Lipinski definition) is 1. The summed E-state index contributed by atoms with van der Waals surface area (Å²) in [6.07, 6.45) is 2.28.